The van der Waals surface area contributed by atoms with Crippen molar-refractivity contribution in [2.24, 2.45) is 0 Å². The van der Waals surface area contributed by atoms with Crippen molar-refractivity contribution in [1.82, 2.24) is 4.57 Å². The van der Waals surface area contributed by atoms with Gasteiger partial charge in [0.25, 0.3) is 0 Å². The average molecular weight is 795 g/mol. The van der Waals surface area contributed by atoms with Crippen molar-refractivity contribution in [3.05, 3.63) is 231 Å². The van der Waals surface area contributed by atoms with E-state index in [2.05, 4.69) is 240 Å². The van der Waals surface area contributed by atoms with Gasteiger partial charge in [0.15, 0.2) is 0 Å². The molecule has 12 rings (SSSR count). The van der Waals surface area contributed by atoms with Crippen molar-refractivity contribution < 1.29 is 0 Å². The van der Waals surface area contributed by atoms with E-state index in [4.69, 9.17) is 0 Å². The summed E-state index contributed by atoms with van der Waals surface area (Å²) < 4.78 is 5.04. The molecule has 3 heteroatoms. The Balaban J connectivity index is 0.965. The maximum Gasteiger partial charge on any atom is 0.0547 e. The van der Waals surface area contributed by atoms with Crippen LogP contribution in [0.1, 0.15) is 0 Å². The maximum absolute atomic E-state index is 2.45. The zero-order valence-corrected chi connectivity index (χ0v) is 34.1. The smallest absolute Gasteiger partial charge is 0.0547 e. The summed E-state index contributed by atoms with van der Waals surface area (Å²) in [5, 5.41) is 7.59. The van der Waals surface area contributed by atoms with E-state index in [1.807, 2.05) is 11.3 Å². The minimum absolute atomic E-state index is 1.11. The van der Waals surface area contributed by atoms with Crippen LogP contribution in [0.25, 0.3) is 91.8 Å². The van der Waals surface area contributed by atoms with Gasteiger partial charge in [-0.3, -0.25) is 0 Å². The number of rotatable bonds is 7. The highest BCUT2D eigenvalue weighted by Crippen LogP contribution is 2.43. The highest BCUT2D eigenvalue weighted by atomic mass is 32.1. The molecule has 0 fully saturated rings. The van der Waals surface area contributed by atoms with E-state index in [1.165, 1.54) is 91.8 Å². The number of para-hydroxylation sites is 1. The fourth-order valence-corrected chi connectivity index (χ4v) is 10.4. The van der Waals surface area contributed by atoms with Crippen molar-refractivity contribution in [1.29, 1.82) is 0 Å². The van der Waals surface area contributed by atoms with Gasteiger partial charge in [0.2, 0.25) is 0 Å². The summed E-state index contributed by atoms with van der Waals surface area (Å²) in [6, 6.07) is 84.2. The van der Waals surface area contributed by atoms with Crippen molar-refractivity contribution in [2.75, 3.05) is 4.90 Å². The van der Waals surface area contributed by atoms with E-state index >= 15 is 0 Å². The first-order valence-electron chi connectivity index (χ1n) is 20.8. The Morgan fingerprint density at radius 2 is 0.836 bits per heavy atom. The second kappa shape index (κ2) is 14.5. The number of thiophene rings is 1. The molecule has 0 unspecified atom stereocenters. The van der Waals surface area contributed by atoms with Gasteiger partial charge < -0.3 is 9.47 Å². The van der Waals surface area contributed by atoms with Gasteiger partial charge in [-0.05, 0) is 105 Å². The first kappa shape index (κ1) is 35.2. The van der Waals surface area contributed by atoms with Gasteiger partial charge in [0, 0.05) is 53.4 Å². The van der Waals surface area contributed by atoms with Gasteiger partial charge in [-0.15, -0.1) is 11.3 Å². The van der Waals surface area contributed by atoms with Gasteiger partial charge >= 0.3 is 0 Å². The molecule has 0 saturated carbocycles. The molecule has 0 atom stereocenters. The fourth-order valence-electron chi connectivity index (χ4n) is 9.25. The molecule has 0 aliphatic carbocycles. The highest BCUT2D eigenvalue weighted by molar-refractivity contribution is 7.25. The zero-order valence-electron chi connectivity index (χ0n) is 33.2. The van der Waals surface area contributed by atoms with Crippen LogP contribution in [-0.2, 0) is 0 Å². The lowest BCUT2D eigenvalue weighted by Crippen LogP contribution is -2.09. The topological polar surface area (TPSA) is 8.17 Å². The van der Waals surface area contributed by atoms with Crippen LogP contribution in [0.15, 0.2) is 231 Å². The molecule has 0 aliphatic rings. The van der Waals surface area contributed by atoms with Crippen molar-refractivity contribution in [3.8, 4) is 39.1 Å². The Labute approximate surface area is 358 Å². The van der Waals surface area contributed by atoms with Crippen LogP contribution in [0.4, 0.5) is 17.1 Å². The predicted octanol–water partition coefficient (Wildman–Crippen LogP) is 16.8. The van der Waals surface area contributed by atoms with Gasteiger partial charge in [-0.25, -0.2) is 0 Å². The van der Waals surface area contributed by atoms with Gasteiger partial charge in [-0.1, -0.05) is 164 Å². The number of benzene rings is 10. The largest absolute Gasteiger partial charge is 0.310 e. The fraction of sp³-hybridized carbons (Fsp3) is 0. The average Bonchev–Trinajstić information content (AvgIpc) is 3.87. The number of nitrogens with zero attached hydrogens (tertiary/aromatic N) is 2. The molecule has 10 aromatic carbocycles. The summed E-state index contributed by atoms with van der Waals surface area (Å²) >= 11 is 1.86. The van der Waals surface area contributed by atoms with Crippen molar-refractivity contribution in [3.63, 3.8) is 0 Å². The summed E-state index contributed by atoms with van der Waals surface area (Å²) in [6.45, 7) is 0. The van der Waals surface area contributed by atoms with Gasteiger partial charge in [0.1, 0.15) is 0 Å². The van der Waals surface area contributed by atoms with Crippen LogP contribution in [-0.4, -0.2) is 4.57 Å². The Bertz CT molecular complexity index is 3590. The molecule has 0 aliphatic heterocycles. The van der Waals surface area contributed by atoms with Crippen molar-refractivity contribution in [2.45, 2.75) is 0 Å². The summed E-state index contributed by atoms with van der Waals surface area (Å²) in [4.78, 5) is 2.39. The molecular formula is C58H38N2S. The predicted molar refractivity (Wildman–Crippen MR) is 262 cm³/mol. The molecule has 0 bridgehead atoms. The normalized spacial score (nSPS) is 11.6. The van der Waals surface area contributed by atoms with E-state index in [0.717, 1.165) is 17.1 Å². The highest BCUT2D eigenvalue weighted by Gasteiger charge is 2.18. The molecule has 2 aromatic heterocycles. The third-order valence-electron chi connectivity index (χ3n) is 12.2. The molecule has 61 heavy (non-hydrogen) atoms. The molecular weight excluding hydrogens is 757 g/mol. The maximum atomic E-state index is 2.45. The van der Waals surface area contributed by atoms with E-state index in [0.29, 0.717) is 0 Å². The monoisotopic (exact) mass is 794 g/mol. The second-order valence-corrected chi connectivity index (χ2v) is 16.8. The molecule has 12 aromatic rings. The molecule has 2 nitrogen and oxygen atoms in total. The Kier molecular flexibility index (Phi) is 8.39. The van der Waals surface area contributed by atoms with Gasteiger partial charge in [0.05, 0.1) is 16.7 Å². The standard InChI is InChI=1S/C58H38N2S/c1-2-13-39(14-3-1)40-27-30-46(31-28-40)59(48-32-34-53-52-23-7-9-26-57(52)61-58(53)38-48)47-20-11-19-44(36-47)42-17-10-18-43(35-42)45-29-33-51-50-22-6-8-24-55(50)60(56(51)37-45)54-25-12-16-41-15-4-5-21-49(41)54/h1-38H. The summed E-state index contributed by atoms with van der Waals surface area (Å²) in [5.41, 5.74) is 14.1. The summed E-state index contributed by atoms with van der Waals surface area (Å²) in [5.74, 6) is 0. The second-order valence-electron chi connectivity index (χ2n) is 15.7. The summed E-state index contributed by atoms with van der Waals surface area (Å²) in [6.07, 6.45) is 0. The summed E-state index contributed by atoms with van der Waals surface area (Å²) in [7, 11) is 0. The first-order valence-corrected chi connectivity index (χ1v) is 21.6. The third kappa shape index (κ3) is 6.09. The Morgan fingerprint density at radius 1 is 0.295 bits per heavy atom. The van der Waals surface area contributed by atoms with E-state index in [1.54, 1.807) is 0 Å². The van der Waals surface area contributed by atoms with E-state index < -0.39 is 0 Å². The molecule has 286 valence electrons. The lowest BCUT2D eigenvalue weighted by Gasteiger charge is -2.26. The molecule has 2 heterocycles. The molecule has 0 spiro atoms. The lowest BCUT2D eigenvalue weighted by molar-refractivity contribution is 1.20. The Morgan fingerprint density at radius 3 is 1.69 bits per heavy atom. The third-order valence-corrected chi connectivity index (χ3v) is 13.3. The van der Waals surface area contributed by atoms with Gasteiger partial charge in [-0.2, -0.15) is 0 Å². The van der Waals surface area contributed by atoms with E-state index in [9.17, 15) is 0 Å². The van der Waals surface area contributed by atoms with Crippen LogP contribution in [0.5, 0.6) is 0 Å². The van der Waals surface area contributed by atoms with Crippen LogP contribution in [0.3, 0.4) is 0 Å². The quantitative estimate of drug-likeness (QED) is 0.156. The SMILES string of the molecule is c1ccc(-c2ccc(N(c3cccc(-c4cccc(-c5ccc6c7ccccc7n(-c7cccc8ccccc78)c6c5)c4)c3)c3ccc4c(c3)sc3ccccc34)cc2)cc1. The molecule has 0 amide bonds. The van der Waals surface area contributed by atoms with Crippen LogP contribution < -0.4 is 4.90 Å². The molecule has 0 saturated heterocycles. The van der Waals surface area contributed by atoms with E-state index in [-0.39, 0.29) is 0 Å². The number of hydrogen-bond donors (Lipinski definition) is 0. The Hall–Kier alpha value is -7.72. The van der Waals surface area contributed by atoms with Crippen molar-refractivity contribution >= 4 is 81.1 Å². The zero-order chi connectivity index (χ0) is 40.3. The van der Waals surface area contributed by atoms with Crippen LogP contribution in [0, 0.1) is 0 Å². The lowest BCUT2D eigenvalue weighted by atomic mass is 9.97. The van der Waals surface area contributed by atoms with Crippen LogP contribution in [0.2, 0.25) is 0 Å². The minimum atomic E-state index is 1.11. The number of fused-ring (bicyclic) bond motifs is 7. The first-order chi connectivity index (χ1) is 30.2. The number of aromatic nitrogens is 1. The molecule has 0 N–H and O–H groups in total. The van der Waals surface area contributed by atoms with Crippen LogP contribution >= 0.6 is 11.3 Å². The minimum Gasteiger partial charge on any atom is -0.310 e. The molecule has 0 radical (unpaired) electrons. The number of hydrogen-bond acceptors (Lipinski definition) is 2. The number of anilines is 3.